The predicted molar refractivity (Wildman–Crippen MR) is 93.3 cm³/mol. The molecule has 0 radical (unpaired) electrons. The number of rotatable bonds is 1. The number of nitrogens with zero attached hydrogens (tertiary/aromatic N) is 1. The van der Waals surface area contributed by atoms with Crippen LogP contribution in [0.15, 0.2) is 39.3 Å². The fourth-order valence-corrected chi connectivity index (χ4v) is 3.99. The van der Waals surface area contributed by atoms with Crippen molar-refractivity contribution in [2.75, 3.05) is 0 Å². The summed E-state index contributed by atoms with van der Waals surface area (Å²) in [7, 11) is 0. The van der Waals surface area contributed by atoms with Crippen molar-refractivity contribution < 1.29 is 0 Å². The SMILES string of the molecule is Cc1cc(C)c(-n2c(=S)[nH]c3ccc(Br)cc32)c(Br)c1. The lowest BCUT2D eigenvalue weighted by atomic mass is 10.1. The van der Waals surface area contributed by atoms with Crippen LogP contribution in [0.1, 0.15) is 11.1 Å². The summed E-state index contributed by atoms with van der Waals surface area (Å²) in [6.07, 6.45) is 0. The zero-order valence-corrected chi connectivity index (χ0v) is 15.0. The number of aryl methyl sites for hydroxylation is 2. The van der Waals surface area contributed by atoms with E-state index in [1.807, 2.05) is 12.1 Å². The summed E-state index contributed by atoms with van der Waals surface area (Å²) in [6, 6.07) is 10.4. The Kier molecular flexibility index (Phi) is 3.60. The van der Waals surface area contributed by atoms with Gasteiger partial charge in [-0.05, 0) is 77.4 Å². The number of nitrogens with one attached hydrogen (secondary N) is 1. The quantitative estimate of drug-likeness (QED) is 0.499. The van der Waals surface area contributed by atoms with Gasteiger partial charge in [-0.2, -0.15) is 0 Å². The number of hydrogen-bond donors (Lipinski definition) is 1. The summed E-state index contributed by atoms with van der Waals surface area (Å²) in [5.74, 6) is 0. The van der Waals surface area contributed by atoms with Crippen LogP contribution in [0, 0.1) is 18.6 Å². The molecule has 102 valence electrons. The molecule has 0 saturated heterocycles. The Labute approximate surface area is 139 Å². The lowest BCUT2D eigenvalue weighted by Gasteiger charge is -2.12. The number of imidazole rings is 1. The molecule has 2 nitrogen and oxygen atoms in total. The predicted octanol–water partition coefficient (Wildman–Crippen LogP) is 5.83. The van der Waals surface area contributed by atoms with Crippen LogP contribution in [0.4, 0.5) is 0 Å². The van der Waals surface area contributed by atoms with Gasteiger partial charge in [0, 0.05) is 8.95 Å². The zero-order chi connectivity index (χ0) is 14.4. The average Bonchev–Trinajstić information content (AvgIpc) is 2.65. The molecule has 0 atom stereocenters. The van der Waals surface area contributed by atoms with E-state index in [1.54, 1.807) is 0 Å². The molecule has 0 amide bonds. The molecule has 0 aliphatic heterocycles. The first-order chi connectivity index (χ1) is 9.47. The summed E-state index contributed by atoms with van der Waals surface area (Å²) in [6.45, 7) is 4.19. The summed E-state index contributed by atoms with van der Waals surface area (Å²) < 4.78 is 4.86. The van der Waals surface area contributed by atoms with Crippen LogP contribution in [0.2, 0.25) is 0 Å². The van der Waals surface area contributed by atoms with Crippen molar-refractivity contribution in [2.24, 2.45) is 0 Å². The second-order valence-electron chi connectivity index (χ2n) is 4.84. The van der Waals surface area contributed by atoms with Gasteiger partial charge in [0.25, 0.3) is 0 Å². The van der Waals surface area contributed by atoms with Gasteiger partial charge in [-0.1, -0.05) is 22.0 Å². The van der Waals surface area contributed by atoms with Gasteiger partial charge in [0.2, 0.25) is 0 Å². The molecule has 5 heteroatoms. The average molecular weight is 412 g/mol. The van der Waals surface area contributed by atoms with E-state index in [-0.39, 0.29) is 0 Å². The van der Waals surface area contributed by atoms with E-state index in [9.17, 15) is 0 Å². The standard InChI is InChI=1S/C15H12Br2N2S/c1-8-5-9(2)14(11(17)6-8)19-13-7-10(16)3-4-12(13)18-15(19)20/h3-7H,1-2H3,(H,18,20). The summed E-state index contributed by atoms with van der Waals surface area (Å²) in [5, 5.41) is 0. The number of fused-ring (bicyclic) bond motifs is 1. The fraction of sp³-hybridized carbons (Fsp3) is 0.133. The maximum absolute atomic E-state index is 5.50. The Morgan fingerprint density at radius 3 is 2.55 bits per heavy atom. The van der Waals surface area contributed by atoms with Gasteiger partial charge >= 0.3 is 0 Å². The van der Waals surface area contributed by atoms with Crippen molar-refractivity contribution in [2.45, 2.75) is 13.8 Å². The number of hydrogen-bond acceptors (Lipinski definition) is 1. The van der Waals surface area contributed by atoms with Gasteiger partial charge in [0.15, 0.2) is 4.77 Å². The number of halogens is 2. The molecule has 0 spiro atoms. The summed E-state index contributed by atoms with van der Waals surface area (Å²) >= 11 is 12.7. The third-order valence-corrected chi connectivity index (χ3v) is 4.65. The largest absolute Gasteiger partial charge is 0.330 e. The smallest absolute Gasteiger partial charge is 0.182 e. The lowest BCUT2D eigenvalue weighted by Crippen LogP contribution is -1.99. The van der Waals surface area contributed by atoms with E-state index >= 15 is 0 Å². The van der Waals surface area contributed by atoms with E-state index in [4.69, 9.17) is 12.2 Å². The molecule has 1 N–H and O–H groups in total. The Bertz CT molecular complexity index is 854. The molecule has 0 aliphatic rings. The highest BCUT2D eigenvalue weighted by atomic mass is 79.9. The molecule has 20 heavy (non-hydrogen) atoms. The van der Waals surface area contributed by atoms with Gasteiger partial charge < -0.3 is 4.98 Å². The topological polar surface area (TPSA) is 20.7 Å². The molecular formula is C15H12Br2N2S. The van der Waals surface area contributed by atoms with Crippen molar-refractivity contribution >= 4 is 55.1 Å². The van der Waals surface area contributed by atoms with E-state index < -0.39 is 0 Å². The maximum Gasteiger partial charge on any atom is 0.182 e. The first kappa shape index (κ1) is 14.0. The monoisotopic (exact) mass is 410 g/mol. The van der Waals surface area contributed by atoms with Crippen LogP contribution >= 0.6 is 44.1 Å². The molecular weight excluding hydrogens is 400 g/mol. The highest BCUT2D eigenvalue weighted by Gasteiger charge is 2.12. The van der Waals surface area contributed by atoms with Crippen LogP contribution < -0.4 is 0 Å². The summed E-state index contributed by atoms with van der Waals surface area (Å²) in [4.78, 5) is 3.26. The van der Waals surface area contributed by atoms with Crippen LogP contribution in [-0.2, 0) is 0 Å². The fourth-order valence-electron chi connectivity index (χ4n) is 2.49. The van der Waals surface area contributed by atoms with Crippen LogP contribution in [-0.4, -0.2) is 9.55 Å². The number of H-pyrrole nitrogens is 1. The lowest BCUT2D eigenvalue weighted by molar-refractivity contribution is 1.04. The number of aromatic amines is 1. The number of aromatic nitrogens is 2. The Hall–Kier alpha value is -0.910. The van der Waals surface area contributed by atoms with Crippen molar-refractivity contribution in [3.8, 4) is 5.69 Å². The minimum Gasteiger partial charge on any atom is -0.330 e. The Morgan fingerprint density at radius 2 is 1.85 bits per heavy atom. The second kappa shape index (κ2) is 5.13. The normalized spacial score (nSPS) is 11.2. The molecule has 3 rings (SSSR count). The van der Waals surface area contributed by atoms with Crippen molar-refractivity contribution in [1.82, 2.24) is 9.55 Å². The van der Waals surface area contributed by atoms with Gasteiger partial charge in [0.1, 0.15) is 0 Å². The minimum absolute atomic E-state index is 0.700. The van der Waals surface area contributed by atoms with Crippen LogP contribution in [0.25, 0.3) is 16.7 Å². The molecule has 0 saturated carbocycles. The van der Waals surface area contributed by atoms with Crippen molar-refractivity contribution in [3.05, 3.63) is 55.2 Å². The van der Waals surface area contributed by atoms with E-state index in [1.165, 1.54) is 11.1 Å². The molecule has 0 fully saturated rings. The van der Waals surface area contributed by atoms with Crippen LogP contribution in [0.5, 0.6) is 0 Å². The zero-order valence-electron chi connectivity index (χ0n) is 11.0. The molecule has 1 heterocycles. The van der Waals surface area contributed by atoms with Gasteiger partial charge in [0.05, 0.1) is 16.7 Å². The molecule has 1 aromatic heterocycles. The third kappa shape index (κ3) is 2.28. The summed E-state index contributed by atoms with van der Waals surface area (Å²) in [5.41, 5.74) is 5.60. The first-order valence-electron chi connectivity index (χ1n) is 6.15. The highest BCUT2D eigenvalue weighted by molar-refractivity contribution is 9.10. The first-order valence-corrected chi connectivity index (χ1v) is 8.14. The van der Waals surface area contributed by atoms with Gasteiger partial charge in [-0.25, -0.2) is 0 Å². The molecule has 3 aromatic rings. The maximum atomic E-state index is 5.50. The van der Waals surface area contributed by atoms with E-state index in [0.29, 0.717) is 4.77 Å². The minimum atomic E-state index is 0.700. The molecule has 0 unspecified atom stereocenters. The Morgan fingerprint density at radius 1 is 1.10 bits per heavy atom. The molecule has 0 bridgehead atoms. The van der Waals surface area contributed by atoms with E-state index in [2.05, 4.69) is 73.5 Å². The molecule has 0 aliphatic carbocycles. The highest BCUT2D eigenvalue weighted by Crippen LogP contribution is 2.30. The Balaban J connectivity index is 2.44. The van der Waals surface area contributed by atoms with Gasteiger partial charge in [-0.3, -0.25) is 4.57 Å². The second-order valence-corrected chi connectivity index (χ2v) is 7.00. The van der Waals surface area contributed by atoms with E-state index in [0.717, 1.165) is 25.7 Å². The third-order valence-electron chi connectivity index (χ3n) is 3.27. The van der Waals surface area contributed by atoms with Crippen molar-refractivity contribution in [3.63, 3.8) is 0 Å². The van der Waals surface area contributed by atoms with Gasteiger partial charge in [-0.15, -0.1) is 0 Å². The van der Waals surface area contributed by atoms with Crippen LogP contribution in [0.3, 0.4) is 0 Å². The van der Waals surface area contributed by atoms with Crippen molar-refractivity contribution in [1.29, 1.82) is 0 Å². The number of benzene rings is 2. The molecule has 2 aromatic carbocycles.